The molecule has 1 aliphatic rings. The molecule has 3 heterocycles. The van der Waals surface area contributed by atoms with E-state index in [-0.39, 0.29) is 6.04 Å². The maximum Gasteiger partial charge on any atom is 0.269 e. The molecule has 0 fully saturated rings. The molecule has 0 unspecified atom stereocenters. The number of benzene rings is 1. The van der Waals surface area contributed by atoms with Gasteiger partial charge >= 0.3 is 0 Å². The summed E-state index contributed by atoms with van der Waals surface area (Å²) in [4.78, 5) is 4.34. The van der Waals surface area contributed by atoms with Crippen LogP contribution in [0.4, 0.5) is 4.39 Å². The van der Waals surface area contributed by atoms with Crippen molar-refractivity contribution in [3.63, 3.8) is 0 Å². The van der Waals surface area contributed by atoms with E-state index in [9.17, 15) is 4.39 Å². The highest BCUT2D eigenvalue weighted by Gasteiger charge is 2.35. The molecule has 0 N–H and O–H groups in total. The van der Waals surface area contributed by atoms with Crippen molar-refractivity contribution in [2.75, 3.05) is 0 Å². The fourth-order valence-electron chi connectivity index (χ4n) is 2.87. The molecule has 5 nitrogen and oxygen atoms in total. The minimum atomic E-state index is -1.09. The van der Waals surface area contributed by atoms with Crippen molar-refractivity contribution in [1.82, 2.24) is 24.5 Å². The first-order valence-corrected chi connectivity index (χ1v) is 7.45. The van der Waals surface area contributed by atoms with E-state index in [2.05, 4.69) is 22.1 Å². The molecular weight excluding hydrogens is 281 g/mol. The average Bonchev–Trinajstić information content (AvgIpc) is 3.24. The smallest absolute Gasteiger partial charge is 0.239 e. The van der Waals surface area contributed by atoms with Crippen LogP contribution >= 0.6 is 0 Å². The van der Waals surface area contributed by atoms with Crippen molar-refractivity contribution in [2.24, 2.45) is 0 Å². The summed E-state index contributed by atoms with van der Waals surface area (Å²) in [5.74, 6) is 0.815. The Labute approximate surface area is 127 Å². The lowest BCUT2D eigenvalue weighted by atomic mass is 10.0. The van der Waals surface area contributed by atoms with Gasteiger partial charge in [0.15, 0.2) is 12.0 Å². The molecule has 112 valence electrons. The number of rotatable bonds is 3. The van der Waals surface area contributed by atoms with Crippen LogP contribution in [0.15, 0.2) is 42.7 Å². The molecule has 6 heteroatoms. The zero-order valence-corrected chi connectivity index (χ0v) is 12.2. The molecule has 0 saturated carbocycles. The summed E-state index contributed by atoms with van der Waals surface area (Å²) in [6.07, 6.45) is 3.86. The molecular formula is C16H16FN5. The third-order valence-corrected chi connectivity index (χ3v) is 4.09. The van der Waals surface area contributed by atoms with Gasteiger partial charge in [-0.05, 0) is 17.5 Å². The van der Waals surface area contributed by atoms with Gasteiger partial charge in [0.2, 0.25) is 0 Å². The number of nitrogens with zero attached hydrogens (tertiary/aromatic N) is 5. The predicted molar refractivity (Wildman–Crippen MR) is 79.6 cm³/mol. The minimum Gasteiger partial charge on any atom is -0.239 e. The fourth-order valence-corrected chi connectivity index (χ4v) is 2.87. The predicted octanol–water partition coefficient (Wildman–Crippen LogP) is 3.03. The summed E-state index contributed by atoms with van der Waals surface area (Å²) in [5, 5.41) is 8.73. The van der Waals surface area contributed by atoms with Gasteiger partial charge in [0.25, 0.3) is 5.95 Å². The number of hydrogen-bond donors (Lipinski definition) is 0. The molecule has 2 atom stereocenters. The molecule has 0 spiro atoms. The van der Waals surface area contributed by atoms with Crippen LogP contribution in [0.25, 0.3) is 5.95 Å². The Morgan fingerprint density at radius 3 is 2.82 bits per heavy atom. The van der Waals surface area contributed by atoms with Gasteiger partial charge in [-0.1, -0.05) is 37.3 Å². The van der Waals surface area contributed by atoms with Crippen LogP contribution in [0.3, 0.4) is 0 Å². The van der Waals surface area contributed by atoms with Crippen molar-refractivity contribution in [1.29, 1.82) is 0 Å². The van der Waals surface area contributed by atoms with Gasteiger partial charge in [0.05, 0.1) is 12.2 Å². The van der Waals surface area contributed by atoms with Gasteiger partial charge < -0.3 is 0 Å². The molecule has 0 aliphatic carbocycles. The summed E-state index contributed by atoms with van der Waals surface area (Å²) < 4.78 is 17.6. The zero-order chi connectivity index (χ0) is 15.1. The molecule has 22 heavy (non-hydrogen) atoms. The van der Waals surface area contributed by atoms with Crippen molar-refractivity contribution in [2.45, 2.75) is 32.0 Å². The second kappa shape index (κ2) is 5.05. The Bertz CT molecular complexity index is 792. The quantitative estimate of drug-likeness (QED) is 0.746. The summed E-state index contributed by atoms with van der Waals surface area (Å²) in [6, 6.07) is 9.76. The van der Waals surface area contributed by atoms with Gasteiger partial charge in [0.1, 0.15) is 0 Å². The summed E-state index contributed by atoms with van der Waals surface area (Å²) in [7, 11) is 0. The third-order valence-electron chi connectivity index (χ3n) is 4.09. The highest BCUT2D eigenvalue weighted by Crippen LogP contribution is 2.39. The average molecular weight is 297 g/mol. The molecule has 1 aromatic carbocycles. The van der Waals surface area contributed by atoms with Crippen molar-refractivity contribution in [3.05, 3.63) is 59.7 Å². The van der Waals surface area contributed by atoms with Crippen LogP contribution in [0.5, 0.6) is 0 Å². The standard InChI is InChI=1S/C16H16FN5/c1-2-11-9-18-21(10-11)16-19-15-13(17)8-14(22(15)20-16)12-6-4-3-5-7-12/h3-7,9-10,13-14H,2,8H2,1H3/t13-,14-/m0/s1. The van der Waals surface area contributed by atoms with E-state index in [0.717, 1.165) is 17.5 Å². The number of halogens is 1. The normalized spacial score (nSPS) is 20.3. The molecule has 0 saturated heterocycles. The van der Waals surface area contributed by atoms with Crippen LogP contribution < -0.4 is 0 Å². The van der Waals surface area contributed by atoms with Gasteiger partial charge in [-0.2, -0.15) is 10.1 Å². The third kappa shape index (κ3) is 2.03. The van der Waals surface area contributed by atoms with Crippen LogP contribution in [-0.4, -0.2) is 24.5 Å². The van der Waals surface area contributed by atoms with Crippen molar-refractivity contribution >= 4 is 0 Å². The molecule has 1 aliphatic heterocycles. The number of hydrogen-bond acceptors (Lipinski definition) is 3. The SMILES string of the molecule is CCc1cnn(-c2nc3n(n2)[C@H](c2ccccc2)C[C@@H]3F)c1. The van der Waals surface area contributed by atoms with Crippen molar-refractivity contribution < 1.29 is 4.39 Å². The van der Waals surface area contributed by atoms with E-state index >= 15 is 0 Å². The van der Waals surface area contributed by atoms with E-state index in [1.807, 2.05) is 36.5 Å². The second-order valence-corrected chi connectivity index (χ2v) is 5.49. The largest absolute Gasteiger partial charge is 0.269 e. The molecule has 3 aromatic rings. The highest BCUT2D eigenvalue weighted by molar-refractivity contribution is 5.25. The minimum absolute atomic E-state index is 0.103. The number of fused-ring (bicyclic) bond motifs is 1. The molecule has 2 aromatic heterocycles. The Kier molecular flexibility index (Phi) is 3.03. The Morgan fingerprint density at radius 2 is 2.09 bits per heavy atom. The van der Waals surface area contributed by atoms with Crippen LogP contribution in [-0.2, 0) is 6.42 Å². The topological polar surface area (TPSA) is 48.5 Å². The first-order valence-electron chi connectivity index (χ1n) is 7.45. The Hall–Kier alpha value is -2.50. The zero-order valence-electron chi connectivity index (χ0n) is 12.2. The van der Waals surface area contributed by atoms with Gasteiger partial charge in [-0.3, -0.25) is 0 Å². The van der Waals surface area contributed by atoms with Crippen LogP contribution in [0.2, 0.25) is 0 Å². The first-order chi connectivity index (χ1) is 10.8. The van der Waals surface area contributed by atoms with Gasteiger partial charge in [-0.25, -0.2) is 13.8 Å². The van der Waals surface area contributed by atoms with Gasteiger partial charge in [0, 0.05) is 12.6 Å². The van der Waals surface area contributed by atoms with Gasteiger partial charge in [-0.15, -0.1) is 5.10 Å². The molecule has 0 radical (unpaired) electrons. The number of aryl methyl sites for hydroxylation is 1. The molecule has 4 rings (SSSR count). The maximum absolute atomic E-state index is 14.3. The Morgan fingerprint density at radius 1 is 1.27 bits per heavy atom. The van der Waals surface area contributed by atoms with E-state index in [4.69, 9.17) is 0 Å². The van der Waals surface area contributed by atoms with E-state index in [0.29, 0.717) is 18.2 Å². The number of alkyl halides is 1. The summed E-state index contributed by atoms with van der Waals surface area (Å²) >= 11 is 0. The Balaban J connectivity index is 1.74. The van der Waals surface area contributed by atoms with Crippen molar-refractivity contribution in [3.8, 4) is 5.95 Å². The molecule has 0 bridgehead atoms. The maximum atomic E-state index is 14.3. The monoisotopic (exact) mass is 297 g/mol. The van der Waals surface area contributed by atoms with E-state index in [1.54, 1.807) is 15.6 Å². The lowest BCUT2D eigenvalue weighted by Crippen LogP contribution is -2.08. The second-order valence-electron chi connectivity index (χ2n) is 5.49. The van der Waals surface area contributed by atoms with Crippen LogP contribution in [0.1, 0.15) is 42.5 Å². The first kappa shape index (κ1) is 13.2. The van der Waals surface area contributed by atoms with E-state index < -0.39 is 6.17 Å². The lowest BCUT2D eigenvalue weighted by Gasteiger charge is -2.11. The number of aromatic nitrogens is 5. The highest BCUT2D eigenvalue weighted by atomic mass is 19.1. The lowest BCUT2D eigenvalue weighted by molar-refractivity contribution is 0.328. The molecule has 0 amide bonds. The summed E-state index contributed by atoms with van der Waals surface area (Å²) in [5.41, 5.74) is 2.15. The van der Waals surface area contributed by atoms with E-state index in [1.165, 1.54) is 0 Å². The van der Waals surface area contributed by atoms with Crippen LogP contribution in [0, 0.1) is 0 Å². The fraction of sp³-hybridized carbons (Fsp3) is 0.312. The summed E-state index contributed by atoms with van der Waals surface area (Å²) in [6.45, 7) is 2.06.